The van der Waals surface area contributed by atoms with Gasteiger partial charge in [0.2, 0.25) is 17.7 Å². The van der Waals surface area contributed by atoms with E-state index < -0.39 is 0 Å². The van der Waals surface area contributed by atoms with Gasteiger partial charge in [-0.2, -0.15) is 4.98 Å². The highest BCUT2D eigenvalue weighted by Crippen LogP contribution is 2.35. The van der Waals surface area contributed by atoms with Crippen molar-refractivity contribution in [1.82, 2.24) is 25.7 Å². The van der Waals surface area contributed by atoms with Crippen molar-refractivity contribution in [3.8, 4) is 0 Å². The molecule has 2 heterocycles. The van der Waals surface area contributed by atoms with Crippen molar-refractivity contribution in [3.05, 3.63) is 11.7 Å². The zero-order valence-electron chi connectivity index (χ0n) is 17.5. The summed E-state index contributed by atoms with van der Waals surface area (Å²) in [5, 5.41) is 9.84. The van der Waals surface area contributed by atoms with E-state index in [4.69, 9.17) is 4.52 Å². The molecule has 0 spiro atoms. The van der Waals surface area contributed by atoms with E-state index in [0.29, 0.717) is 30.7 Å². The zero-order chi connectivity index (χ0) is 20.3. The second kappa shape index (κ2) is 8.59. The first-order valence-electron chi connectivity index (χ1n) is 10.3. The van der Waals surface area contributed by atoms with Crippen molar-refractivity contribution in [2.75, 3.05) is 13.1 Å². The fourth-order valence-electron chi connectivity index (χ4n) is 3.70. The molecule has 28 heavy (non-hydrogen) atoms. The lowest BCUT2D eigenvalue weighted by atomic mass is 9.96. The SMILES string of the molecule is CC(=O)NC[C@H]1CC[C@@H](CC(=O)NCc2nc(C(C)(C)C)no2)N1CC1CC1. The Balaban J connectivity index is 1.50. The summed E-state index contributed by atoms with van der Waals surface area (Å²) < 4.78 is 5.24. The summed E-state index contributed by atoms with van der Waals surface area (Å²) in [6, 6.07) is 0.555. The second-order valence-electron chi connectivity index (χ2n) is 9.20. The molecule has 2 N–H and O–H groups in total. The summed E-state index contributed by atoms with van der Waals surface area (Å²) in [4.78, 5) is 30.6. The van der Waals surface area contributed by atoms with Gasteiger partial charge in [-0.3, -0.25) is 14.5 Å². The summed E-state index contributed by atoms with van der Waals surface area (Å²) in [6.07, 6.45) is 5.01. The van der Waals surface area contributed by atoms with Crippen LogP contribution < -0.4 is 10.6 Å². The first kappa shape index (κ1) is 20.8. The van der Waals surface area contributed by atoms with E-state index in [-0.39, 0.29) is 29.8 Å². The molecule has 8 heteroatoms. The molecule has 1 aromatic heterocycles. The highest BCUT2D eigenvalue weighted by atomic mass is 16.5. The maximum absolute atomic E-state index is 12.5. The van der Waals surface area contributed by atoms with Gasteiger partial charge in [0.05, 0.1) is 6.54 Å². The molecule has 2 atom stereocenters. The number of hydrogen-bond donors (Lipinski definition) is 2. The van der Waals surface area contributed by atoms with Crippen LogP contribution in [0, 0.1) is 5.92 Å². The molecule has 2 aliphatic rings. The molecule has 2 amide bonds. The van der Waals surface area contributed by atoms with Crippen LogP contribution in [0.1, 0.15) is 71.5 Å². The fourth-order valence-corrected chi connectivity index (χ4v) is 3.70. The molecule has 0 unspecified atom stereocenters. The average molecular weight is 392 g/mol. The Kier molecular flexibility index (Phi) is 6.37. The number of likely N-dealkylation sites (tertiary alicyclic amines) is 1. The Morgan fingerprint density at radius 3 is 2.46 bits per heavy atom. The number of rotatable bonds is 8. The molecule has 1 aliphatic heterocycles. The van der Waals surface area contributed by atoms with Gasteiger partial charge >= 0.3 is 0 Å². The van der Waals surface area contributed by atoms with Crippen LogP contribution in [0.2, 0.25) is 0 Å². The van der Waals surface area contributed by atoms with Gasteiger partial charge in [0.1, 0.15) is 0 Å². The highest BCUT2D eigenvalue weighted by Gasteiger charge is 2.37. The molecule has 0 aromatic carbocycles. The number of nitrogens with zero attached hydrogens (tertiary/aromatic N) is 3. The van der Waals surface area contributed by atoms with Crippen molar-refractivity contribution in [2.24, 2.45) is 5.92 Å². The van der Waals surface area contributed by atoms with Crippen molar-refractivity contribution in [1.29, 1.82) is 0 Å². The van der Waals surface area contributed by atoms with Crippen LogP contribution in [-0.4, -0.2) is 52.0 Å². The lowest BCUT2D eigenvalue weighted by Gasteiger charge is -2.30. The monoisotopic (exact) mass is 391 g/mol. The third-order valence-electron chi connectivity index (χ3n) is 5.52. The number of carbonyl (C=O) groups is 2. The highest BCUT2D eigenvalue weighted by molar-refractivity contribution is 5.76. The van der Waals surface area contributed by atoms with Crippen LogP contribution in [0.4, 0.5) is 0 Å². The molecule has 1 saturated carbocycles. The lowest BCUT2D eigenvalue weighted by molar-refractivity contribution is -0.123. The predicted molar refractivity (Wildman–Crippen MR) is 104 cm³/mol. The first-order chi connectivity index (χ1) is 13.2. The van der Waals surface area contributed by atoms with E-state index in [9.17, 15) is 9.59 Å². The Labute approximate surface area is 166 Å². The smallest absolute Gasteiger partial charge is 0.246 e. The van der Waals surface area contributed by atoms with Crippen LogP contribution in [0.25, 0.3) is 0 Å². The topological polar surface area (TPSA) is 100 Å². The van der Waals surface area contributed by atoms with Crippen LogP contribution in [0.5, 0.6) is 0 Å². The van der Waals surface area contributed by atoms with E-state index >= 15 is 0 Å². The van der Waals surface area contributed by atoms with Crippen molar-refractivity contribution < 1.29 is 14.1 Å². The summed E-state index contributed by atoms with van der Waals surface area (Å²) >= 11 is 0. The minimum atomic E-state index is -0.179. The third-order valence-corrected chi connectivity index (χ3v) is 5.52. The fraction of sp³-hybridized carbons (Fsp3) is 0.800. The minimum absolute atomic E-state index is 0.00137. The van der Waals surface area contributed by atoms with E-state index in [2.05, 4.69) is 25.7 Å². The van der Waals surface area contributed by atoms with Gasteiger partial charge in [-0.05, 0) is 31.6 Å². The summed E-state index contributed by atoms with van der Waals surface area (Å²) in [6.45, 7) is 9.56. The lowest BCUT2D eigenvalue weighted by Crippen LogP contribution is -2.45. The maximum atomic E-state index is 12.5. The second-order valence-corrected chi connectivity index (χ2v) is 9.20. The predicted octanol–water partition coefficient (Wildman–Crippen LogP) is 1.75. The quantitative estimate of drug-likeness (QED) is 0.700. The van der Waals surface area contributed by atoms with Gasteiger partial charge in [0.15, 0.2) is 5.82 Å². The molecule has 1 aliphatic carbocycles. The van der Waals surface area contributed by atoms with Crippen molar-refractivity contribution in [3.63, 3.8) is 0 Å². The number of aromatic nitrogens is 2. The van der Waals surface area contributed by atoms with Gasteiger partial charge in [-0.15, -0.1) is 0 Å². The molecule has 1 saturated heterocycles. The van der Waals surface area contributed by atoms with Crippen molar-refractivity contribution in [2.45, 2.75) is 83.8 Å². The summed E-state index contributed by atoms with van der Waals surface area (Å²) in [5.41, 5.74) is -0.179. The maximum Gasteiger partial charge on any atom is 0.246 e. The van der Waals surface area contributed by atoms with E-state index in [0.717, 1.165) is 25.3 Å². The Morgan fingerprint density at radius 2 is 1.86 bits per heavy atom. The summed E-state index contributed by atoms with van der Waals surface area (Å²) in [5.74, 6) is 1.83. The molecular weight excluding hydrogens is 358 g/mol. The van der Waals surface area contributed by atoms with E-state index in [1.807, 2.05) is 20.8 Å². The molecule has 8 nitrogen and oxygen atoms in total. The zero-order valence-corrected chi connectivity index (χ0v) is 17.5. The molecule has 3 rings (SSSR count). The third kappa shape index (κ3) is 5.77. The Hall–Kier alpha value is -1.96. The van der Waals surface area contributed by atoms with E-state index in [1.165, 1.54) is 12.8 Å². The van der Waals surface area contributed by atoms with Gasteiger partial charge in [0.25, 0.3) is 0 Å². The Morgan fingerprint density at radius 1 is 1.14 bits per heavy atom. The average Bonchev–Trinajstić information content (AvgIpc) is 3.15. The van der Waals surface area contributed by atoms with Crippen LogP contribution >= 0.6 is 0 Å². The van der Waals surface area contributed by atoms with Gasteiger partial charge < -0.3 is 15.2 Å². The summed E-state index contributed by atoms with van der Waals surface area (Å²) in [7, 11) is 0. The van der Waals surface area contributed by atoms with Crippen molar-refractivity contribution >= 4 is 11.8 Å². The number of carbonyl (C=O) groups excluding carboxylic acids is 2. The standard InChI is InChI=1S/C20H33N5O3/c1-13(26)21-10-16-8-7-15(25(16)12-14-5-6-14)9-17(27)22-11-18-23-19(24-28-18)20(2,3)4/h14-16H,5-12H2,1-4H3,(H,21,26)(H,22,27)/t15-,16+/m0/s1. The van der Waals surface area contributed by atoms with Crippen LogP contribution in [0.3, 0.4) is 0 Å². The molecule has 0 bridgehead atoms. The normalized spacial score (nSPS) is 23.0. The number of hydrogen-bond acceptors (Lipinski definition) is 6. The Bertz CT molecular complexity index is 692. The number of nitrogens with one attached hydrogen (secondary N) is 2. The van der Waals surface area contributed by atoms with Gasteiger partial charge in [0, 0.05) is 43.9 Å². The van der Waals surface area contributed by atoms with Gasteiger partial charge in [-0.1, -0.05) is 25.9 Å². The van der Waals surface area contributed by atoms with Crippen LogP contribution in [-0.2, 0) is 21.5 Å². The molecular formula is C20H33N5O3. The minimum Gasteiger partial charge on any atom is -0.355 e. The van der Waals surface area contributed by atoms with Crippen LogP contribution in [0.15, 0.2) is 4.52 Å². The number of amides is 2. The largest absolute Gasteiger partial charge is 0.355 e. The molecule has 0 radical (unpaired) electrons. The first-order valence-corrected chi connectivity index (χ1v) is 10.3. The molecule has 156 valence electrons. The van der Waals surface area contributed by atoms with E-state index in [1.54, 1.807) is 6.92 Å². The molecule has 1 aromatic rings. The molecule has 2 fully saturated rings. The van der Waals surface area contributed by atoms with Gasteiger partial charge in [-0.25, -0.2) is 0 Å².